The molecule has 1 aromatic heterocycles. The Labute approximate surface area is 147 Å². The van der Waals surface area contributed by atoms with Gasteiger partial charge in [0.1, 0.15) is 0 Å². The van der Waals surface area contributed by atoms with Crippen molar-refractivity contribution in [2.75, 3.05) is 17.2 Å². The molecule has 0 spiro atoms. The first-order valence-electron chi connectivity index (χ1n) is 7.35. The van der Waals surface area contributed by atoms with Gasteiger partial charge in [-0.3, -0.25) is 4.79 Å². The van der Waals surface area contributed by atoms with Gasteiger partial charge >= 0.3 is 0 Å². The minimum Gasteiger partial charge on any atom is -0.360 e. The van der Waals surface area contributed by atoms with Crippen LogP contribution in [0.4, 0.5) is 19.6 Å². The summed E-state index contributed by atoms with van der Waals surface area (Å²) in [7, 11) is 0. The minimum atomic E-state index is -1.00. The van der Waals surface area contributed by atoms with E-state index in [1.54, 1.807) is 6.92 Å². The summed E-state index contributed by atoms with van der Waals surface area (Å²) in [6.45, 7) is 6.69. The molecule has 2 aromatic rings. The summed E-state index contributed by atoms with van der Waals surface area (Å²) < 4.78 is 26.7. The molecular weight excluding hydrogens is 354 g/mol. The summed E-state index contributed by atoms with van der Waals surface area (Å²) in [6.07, 6.45) is 0. The van der Waals surface area contributed by atoms with Gasteiger partial charge in [0.05, 0.1) is 5.25 Å². The van der Waals surface area contributed by atoms with Crippen molar-refractivity contribution in [2.24, 2.45) is 5.92 Å². The second-order valence-corrected chi connectivity index (χ2v) is 8.09. The molecule has 0 saturated carbocycles. The number of nitrogens with one attached hydrogen (secondary N) is 2. The van der Waals surface area contributed by atoms with Crippen LogP contribution in [-0.4, -0.2) is 27.9 Å². The van der Waals surface area contributed by atoms with Gasteiger partial charge in [-0.25, -0.2) is 8.78 Å². The molecule has 24 heavy (non-hydrogen) atoms. The summed E-state index contributed by atoms with van der Waals surface area (Å²) in [6, 6.07) is 3.23. The maximum atomic E-state index is 13.2. The van der Waals surface area contributed by atoms with Gasteiger partial charge < -0.3 is 10.6 Å². The lowest BCUT2D eigenvalue weighted by molar-refractivity contribution is -0.115. The monoisotopic (exact) mass is 372 g/mol. The van der Waals surface area contributed by atoms with E-state index >= 15 is 0 Å². The van der Waals surface area contributed by atoms with Gasteiger partial charge in [0.25, 0.3) is 0 Å². The molecule has 9 heteroatoms. The molecular formula is C15H18F2N4OS2. The molecule has 0 radical (unpaired) electrons. The van der Waals surface area contributed by atoms with Gasteiger partial charge in [-0.15, -0.1) is 10.2 Å². The predicted molar refractivity (Wildman–Crippen MR) is 93.5 cm³/mol. The number of benzene rings is 1. The molecule has 0 unspecified atom stereocenters. The van der Waals surface area contributed by atoms with E-state index in [1.807, 2.05) is 0 Å². The minimum absolute atomic E-state index is 0.211. The third kappa shape index (κ3) is 5.41. The molecule has 5 nitrogen and oxygen atoms in total. The van der Waals surface area contributed by atoms with Gasteiger partial charge in [0, 0.05) is 18.3 Å². The fourth-order valence-electron chi connectivity index (χ4n) is 1.64. The summed E-state index contributed by atoms with van der Waals surface area (Å²) in [5.74, 6) is -1.78. The molecule has 0 aliphatic heterocycles. The predicted octanol–water partition coefficient (Wildman–Crippen LogP) is 4.00. The van der Waals surface area contributed by atoms with Crippen LogP contribution >= 0.6 is 23.1 Å². The van der Waals surface area contributed by atoms with Crippen molar-refractivity contribution in [3.63, 3.8) is 0 Å². The van der Waals surface area contributed by atoms with E-state index in [0.717, 1.165) is 18.7 Å². The van der Waals surface area contributed by atoms with Crippen molar-refractivity contribution in [1.29, 1.82) is 0 Å². The average molecular weight is 372 g/mol. The van der Waals surface area contributed by atoms with Crippen LogP contribution in [0.2, 0.25) is 0 Å². The highest BCUT2D eigenvalue weighted by Gasteiger charge is 2.18. The quantitative estimate of drug-likeness (QED) is 0.719. The number of hydrogen-bond acceptors (Lipinski definition) is 6. The Morgan fingerprint density at radius 1 is 1.25 bits per heavy atom. The topological polar surface area (TPSA) is 66.9 Å². The van der Waals surface area contributed by atoms with E-state index in [2.05, 4.69) is 34.7 Å². The SMILES string of the molecule is CC(C)CNc1nnc(S[C@@H](C)C(=O)Nc2ccc(F)c(F)c2)s1. The molecule has 0 bridgehead atoms. The normalized spacial score (nSPS) is 12.2. The number of carbonyl (C=O) groups excluding carboxylic acids is 1. The summed E-state index contributed by atoms with van der Waals surface area (Å²) in [5, 5.41) is 14.0. The van der Waals surface area contributed by atoms with Crippen LogP contribution in [0.15, 0.2) is 22.5 Å². The van der Waals surface area contributed by atoms with Gasteiger partial charge in [0.2, 0.25) is 11.0 Å². The Kier molecular flexibility index (Phi) is 6.50. The van der Waals surface area contributed by atoms with E-state index in [4.69, 9.17) is 0 Å². The van der Waals surface area contributed by atoms with E-state index in [0.29, 0.717) is 15.4 Å². The zero-order chi connectivity index (χ0) is 17.7. The molecule has 2 rings (SSSR count). The standard InChI is InChI=1S/C15H18F2N4OS2/c1-8(2)7-18-14-20-21-15(24-14)23-9(3)13(22)19-10-4-5-11(16)12(17)6-10/h4-6,8-9H,7H2,1-3H3,(H,18,20)(H,19,22)/t9-/m0/s1. The summed E-state index contributed by atoms with van der Waals surface area (Å²) in [5.41, 5.74) is 0.211. The molecule has 0 aliphatic rings. The van der Waals surface area contributed by atoms with Crippen molar-refractivity contribution < 1.29 is 13.6 Å². The lowest BCUT2D eigenvalue weighted by Gasteiger charge is -2.10. The zero-order valence-corrected chi connectivity index (χ0v) is 15.1. The Morgan fingerprint density at radius 3 is 2.67 bits per heavy atom. The van der Waals surface area contributed by atoms with Crippen molar-refractivity contribution in [3.05, 3.63) is 29.8 Å². The highest BCUT2D eigenvalue weighted by atomic mass is 32.2. The van der Waals surface area contributed by atoms with Crippen LogP contribution < -0.4 is 10.6 Å². The number of halogens is 2. The molecule has 1 aromatic carbocycles. The van der Waals surface area contributed by atoms with Gasteiger partial charge in [0.15, 0.2) is 16.0 Å². The number of hydrogen-bond donors (Lipinski definition) is 2. The summed E-state index contributed by atoms with van der Waals surface area (Å²) in [4.78, 5) is 12.1. The number of anilines is 2. The van der Waals surface area contributed by atoms with Crippen molar-refractivity contribution in [1.82, 2.24) is 10.2 Å². The number of thioether (sulfide) groups is 1. The average Bonchev–Trinajstić information content (AvgIpc) is 2.96. The largest absolute Gasteiger partial charge is 0.360 e. The molecule has 1 atom stereocenters. The fraction of sp³-hybridized carbons (Fsp3) is 0.400. The van der Waals surface area contributed by atoms with Crippen molar-refractivity contribution >= 4 is 39.8 Å². The van der Waals surface area contributed by atoms with Crippen molar-refractivity contribution in [2.45, 2.75) is 30.4 Å². The molecule has 1 amide bonds. The lowest BCUT2D eigenvalue weighted by Crippen LogP contribution is -2.22. The first-order chi connectivity index (χ1) is 11.3. The van der Waals surface area contributed by atoms with Crippen LogP contribution in [0.1, 0.15) is 20.8 Å². The van der Waals surface area contributed by atoms with Crippen LogP contribution in [0.3, 0.4) is 0 Å². The lowest BCUT2D eigenvalue weighted by atomic mass is 10.2. The Hall–Kier alpha value is -1.74. The Morgan fingerprint density at radius 2 is 2.00 bits per heavy atom. The molecule has 0 fully saturated rings. The Balaban J connectivity index is 1.90. The van der Waals surface area contributed by atoms with Crippen LogP contribution in [0.5, 0.6) is 0 Å². The zero-order valence-electron chi connectivity index (χ0n) is 13.5. The molecule has 130 valence electrons. The number of rotatable bonds is 7. The smallest absolute Gasteiger partial charge is 0.237 e. The van der Waals surface area contributed by atoms with Crippen LogP contribution in [0.25, 0.3) is 0 Å². The number of nitrogens with zero attached hydrogens (tertiary/aromatic N) is 2. The molecule has 0 aliphatic carbocycles. The highest BCUT2D eigenvalue weighted by Crippen LogP contribution is 2.29. The molecule has 2 N–H and O–H groups in total. The first-order valence-corrected chi connectivity index (χ1v) is 9.04. The van der Waals surface area contributed by atoms with Crippen LogP contribution in [-0.2, 0) is 4.79 Å². The highest BCUT2D eigenvalue weighted by molar-refractivity contribution is 8.02. The van der Waals surface area contributed by atoms with E-state index in [-0.39, 0.29) is 11.6 Å². The van der Waals surface area contributed by atoms with E-state index in [9.17, 15) is 13.6 Å². The van der Waals surface area contributed by atoms with Crippen molar-refractivity contribution in [3.8, 4) is 0 Å². The van der Waals surface area contributed by atoms with Gasteiger partial charge in [-0.2, -0.15) is 0 Å². The van der Waals surface area contributed by atoms with Gasteiger partial charge in [-0.1, -0.05) is 36.9 Å². The van der Waals surface area contributed by atoms with E-state index < -0.39 is 16.9 Å². The van der Waals surface area contributed by atoms with Crippen LogP contribution in [0, 0.1) is 17.6 Å². The third-order valence-corrected chi connectivity index (χ3v) is 4.97. The number of aromatic nitrogens is 2. The maximum Gasteiger partial charge on any atom is 0.237 e. The fourth-order valence-corrected chi connectivity index (χ4v) is 3.55. The molecule has 0 saturated heterocycles. The van der Waals surface area contributed by atoms with E-state index in [1.165, 1.54) is 29.2 Å². The maximum absolute atomic E-state index is 13.2. The second-order valence-electron chi connectivity index (χ2n) is 5.53. The number of amides is 1. The Bertz CT molecular complexity index is 709. The third-order valence-electron chi connectivity index (χ3n) is 2.90. The second kappa shape index (κ2) is 8.39. The molecule has 1 heterocycles. The first kappa shape index (κ1) is 18.6. The van der Waals surface area contributed by atoms with Gasteiger partial charge in [-0.05, 0) is 25.0 Å². The number of carbonyl (C=O) groups is 1. The summed E-state index contributed by atoms with van der Waals surface area (Å²) >= 11 is 2.63.